The maximum atomic E-state index is 12.8. The highest BCUT2D eigenvalue weighted by Gasteiger charge is 2.29. The molecule has 2 heteroatoms. The van der Waals surface area contributed by atoms with Crippen LogP contribution in [0.1, 0.15) is 44.1 Å². The van der Waals surface area contributed by atoms with E-state index in [-0.39, 0.29) is 5.82 Å². The molecule has 1 aromatic rings. The van der Waals surface area contributed by atoms with Crippen LogP contribution in [0.2, 0.25) is 0 Å². The zero-order valence-corrected chi connectivity index (χ0v) is 10.1. The van der Waals surface area contributed by atoms with E-state index in [2.05, 4.69) is 6.58 Å². The monoisotopic (exact) mass is 234 g/mol. The highest BCUT2D eigenvalue weighted by molar-refractivity contribution is 5.64. The lowest BCUT2D eigenvalue weighted by Crippen LogP contribution is -2.31. The summed E-state index contributed by atoms with van der Waals surface area (Å²) < 4.78 is 12.8. The van der Waals surface area contributed by atoms with Crippen molar-refractivity contribution in [1.82, 2.24) is 0 Å². The van der Waals surface area contributed by atoms with Gasteiger partial charge in [0.05, 0.1) is 5.60 Å². The lowest BCUT2D eigenvalue weighted by atomic mass is 9.79. The molecule has 1 nitrogen and oxygen atoms in total. The molecule has 0 amide bonds. The lowest BCUT2D eigenvalue weighted by molar-refractivity contribution is 0.00914. The van der Waals surface area contributed by atoms with E-state index in [0.717, 1.165) is 36.8 Å². The second kappa shape index (κ2) is 5.01. The molecule has 0 saturated heterocycles. The Bertz CT molecular complexity index is 388. The SMILES string of the molecule is C=C(CC1(O)CCCCC1)c1ccc(F)cc1. The van der Waals surface area contributed by atoms with Gasteiger partial charge >= 0.3 is 0 Å². The van der Waals surface area contributed by atoms with E-state index in [1.807, 2.05) is 0 Å². The standard InChI is InChI=1S/C15H19FO/c1-12(13-5-7-14(16)8-6-13)11-15(17)9-3-2-4-10-15/h5-8,17H,1-4,9-11H2. The van der Waals surface area contributed by atoms with E-state index in [0.29, 0.717) is 6.42 Å². The molecule has 0 aliphatic heterocycles. The Kier molecular flexibility index (Phi) is 3.63. The fourth-order valence-electron chi connectivity index (χ4n) is 2.57. The van der Waals surface area contributed by atoms with Crippen molar-refractivity contribution in [2.75, 3.05) is 0 Å². The van der Waals surface area contributed by atoms with Gasteiger partial charge in [0, 0.05) is 6.42 Å². The van der Waals surface area contributed by atoms with Crippen LogP contribution in [0.25, 0.3) is 5.57 Å². The molecule has 1 saturated carbocycles. The van der Waals surface area contributed by atoms with Gasteiger partial charge in [-0.15, -0.1) is 0 Å². The molecule has 0 heterocycles. The van der Waals surface area contributed by atoms with Crippen molar-refractivity contribution in [1.29, 1.82) is 0 Å². The first-order chi connectivity index (χ1) is 8.09. The quantitative estimate of drug-likeness (QED) is 0.840. The third-order valence-electron chi connectivity index (χ3n) is 3.58. The summed E-state index contributed by atoms with van der Waals surface area (Å²) >= 11 is 0. The van der Waals surface area contributed by atoms with Gasteiger partial charge in [-0.05, 0) is 36.1 Å². The van der Waals surface area contributed by atoms with Crippen LogP contribution in [-0.2, 0) is 0 Å². The number of hydrogen-bond donors (Lipinski definition) is 1. The van der Waals surface area contributed by atoms with Crippen LogP contribution < -0.4 is 0 Å². The van der Waals surface area contributed by atoms with Gasteiger partial charge in [-0.3, -0.25) is 0 Å². The largest absolute Gasteiger partial charge is 0.390 e. The summed E-state index contributed by atoms with van der Waals surface area (Å²) in [6, 6.07) is 6.32. The van der Waals surface area contributed by atoms with Gasteiger partial charge in [-0.2, -0.15) is 0 Å². The van der Waals surface area contributed by atoms with E-state index in [1.165, 1.54) is 18.6 Å². The molecule has 2 rings (SSSR count). The molecule has 0 unspecified atom stereocenters. The second-order valence-electron chi connectivity index (χ2n) is 5.07. The maximum absolute atomic E-state index is 12.8. The first-order valence-corrected chi connectivity index (χ1v) is 6.25. The Morgan fingerprint density at radius 1 is 1.18 bits per heavy atom. The first-order valence-electron chi connectivity index (χ1n) is 6.25. The van der Waals surface area contributed by atoms with Gasteiger partial charge in [0.1, 0.15) is 5.82 Å². The summed E-state index contributed by atoms with van der Waals surface area (Å²) in [5.41, 5.74) is 1.23. The number of halogens is 1. The number of hydrogen-bond acceptors (Lipinski definition) is 1. The molecule has 1 aliphatic rings. The molecule has 0 radical (unpaired) electrons. The zero-order chi connectivity index (χ0) is 12.3. The molecule has 1 aromatic carbocycles. The van der Waals surface area contributed by atoms with Crippen LogP contribution >= 0.6 is 0 Å². The number of benzene rings is 1. The van der Waals surface area contributed by atoms with Gasteiger partial charge in [-0.1, -0.05) is 38.0 Å². The fraction of sp³-hybridized carbons (Fsp3) is 0.467. The van der Waals surface area contributed by atoms with Gasteiger partial charge in [0.25, 0.3) is 0 Å². The minimum absolute atomic E-state index is 0.238. The topological polar surface area (TPSA) is 20.2 Å². The molecule has 0 atom stereocenters. The molecule has 0 spiro atoms. The summed E-state index contributed by atoms with van der Waals surface area (Å²) in [7, 11) is 0. The van der Waals surface area contributed by atoms with E-state index in [9.17, 15) is 9.50 Å². The smallest absolute Gasteiger partial charge is 0.123 e. The predicted molar refractivity (Wildman–Crippen MR) is 68.1 cm³/mol. The molecule has 1 N–H and O–H groups in total. The minimum atomic E-state index is -0.594. The van der Waals surface area contributed by atoms with Crippen molar-refractivity contribution in [3.8, 4) is 0 Å². The fourth-order valence-corrected chi connectivity index (χ4v) is 2.57. The Hall–Kier alpha value is -1.15. The van der Waals surface area contributed by atoms with Crippen LogP contribution in [0.5, 0.6) is 0 Å². The first kappa shape index (κ1) is 12.3. The van der Waals surface area contributed by atoms with Crippen LogP contribution in [0.15, 0.2) is 30.8 Å². The summed E-state index contributed by atoms with van der Waals surface area (Å²) in [6.07, 6.45) is 5.70. The van der Waals surface area contributed by atoms with Gasteiger partial charge in [0.15, 0.2) is 0 Å². The van der Waals surface area contributed by atoms with E-state index in [1.54, 1.807) is 12.1 Å². The Labute approximate surface area is 102 Å². The van der Waals surface area contributed by atoms with Crippen molar-refractivity contribution in [2.45, 2.75) is 44.1 Å². The Morgan fingerprint density at radius 3 is 2.35 bits per heavy atom. The molecule has 1 aliphatic carbocycles. The highest BCUT2D eigenvalue weighted by atomic mass is 19.1. The van der Waals surface area contributed by atoms with E-state index >= 15 is 0 Å². The average Bonchev–Trinajstić information content (AvgIpc) is 2.30. The Morgan fingerprint density at radius 2 is 1.76 bits per heavy atom. The zero-order valence-electron chi connectivity index (χ0n) is 10.1. The molecule has 92 valence electrons. The maximum Gasteiger partial charge on any atom is 0.123 e. The van der Waals surface area contributed by atoms with Crippen LogP contribution in [-0.4, -0.2) is 10.7 Å². The molecule has 17 heavy (non-hydrogen) atoms. The molecular formula is C15H19FO. The van der Waals surface area contributed by atoms with Crippen LogP contribution in [0.3, 0.4) is 0 Å². The van der Waals surface area contributed by atoms with Crippen molar-refractivity contribution in [3.05, 3.63) is 42.2 Å². The van der Waals surface area contributed by atoms with Gasteiger partial charge < -0.3 is 5.11 Å². The van der Waals surface area contributed by atoms with Gasteiger partial charge in [-0.25, -0.2) is 4.39 Å². The molecule has 1 fully saturated rings. The van der Waals surface area contributed by atoms with Gasteiger partial charge in [0.2, 0.25) is 0 Å². The summed E-state index contributed by atoms with van der Waals surface area (Å²) in [4.78, 5) is 0. The lowest BCUT2D eigenvalue weighted by Gasteiger charge is -2.32. The second-order valence-corrected chi connectivity index (χ2v) is 5.07. The van der Waals surface area contributed by atoms with Crippen LogP contribution in [0, 0.1) is 5.82 Å². The predicted octanol–water partition coefficient (Wildman–Crippen LogP) is 3.92. The third kappa shape index (κ3) is 3.16. The summed E-state index contributed by atoms with van der Waals surface area (Å²) in [5, 5.41) is 10.4. The average molecular weight is 234 g/mol. The van der Waals surface area contributed by atoms with Crippen molar-refractivity contribution < 1.29 is 9.50 Å². The normalized spacial score (nSPS) is 18.9. The summed E-state index contributed by atoms with van der Waals surface area (Å²) in [6.45, 7) is 4.01. The Balaban J connectivity index is 2.03. The molecule has 0 aromatic heterocycles. The van der Waals surface area contributed by atoms with E-state index < -0.39 is 5.60 Å². The molecule has 0 bridgehead atoms. The number of aliphatic hydroxyl groups is 1. The van der Waals surface area contributed by atoms with Crippen molar-refractivity contribution in [3.63, 3.8) is 0 Å². The summed E-state index contributed by atoms with van der Waals surface area (Å²) in [5.74, 6) is -0.238. The third-order valence-corrected chi connectivity index (χ3v) is 3.58. The number of rotatable bonds is 3. The highest BCUT2D eigenvalue weighted by Crippen LogP contribution is 2.35. The minimum Gasteiger partial charge on any atom is -0.390 e. The van der Waals surface area contributed by atoms with Crippen molar-refractivity contribution in [2.24, 2.45) is 0 Å². The van der Waals surface area contributed by atoms with Crippen LogP contribution in [0.4, 0.5) is 4.39 Å². The van der Waals surface area contributed by atoms with E-state index in [4.69, 9.17) is 0 Å². The molecular weight excluding hydrogens is 215 g/mol. The van der Waals surface area contributed by atoms with Crippen molar-refractivity contribution >= 4 is 5.57 Å².